The first-order valence-corrected chi connectivity index (χ1v) is 4.67. The predicted octanol–water partition coefficient (Wildman–Crippen LogP) is 2.94. The van der Waals surface area contributed by atoms with Crippen LogP contribution in [0.5, 0.6) is 5.75 Å². The van der Waals surface area contributed by atoms with Gasteiger partial charge in [-0.3, -0.25) is 0 Å². The standard InChI is InChI=1S/C10H14OS/c1-3-8-5-6-9(11-4-2)10(12)7-8/h5-7,12H,3-4H2,1-2H3. The van der Waals surface area contributed by atoms with Gasteiger partial charge in [-0.2, -0.15) is 0 Å². The number of hydrogen-bond acceptors (Lipinski definition) is 2. The van der Waals surface area contributed by atoms with Crippen LogP contribution in [0, 0.1) is 0 Å². The molecule has 66 valence electrons. The second-order valence-electron chi connectivity index (χ2n) is 2.59. The monoisotopic (exact) mass is 182 g/mol. The van der Waals surface area contributed by atoms with Crippen LogP contribution in [0.25, 0.3) is 0 Å². The molecule has 0 heterocycles. The lowest BCUT2D eigenvalue weighted by atomic mass is 10.2. The van der Waals surface area contributed by atoms with E-state index in [-0.39, 0.29) is 0 Å². The van der Waals surface area contributed by atoms with Crippen molar-refractivity contribution in [3.8, 4) is 5.75 Å². The highest BCUT2D eigenvalue weighted by Gasteiger charge is 1.99. The molecule has 0 saturated carbocycles. The number of benzene rings is 1. The first-order chi connectivity index (χ1) is 5.77. The van der Waals surface area contributed by atoms with Gasteiger partial charge < -0.3 is 4.74 Å². The van der Waals surface area contributed by atoms with E-state index in [0.29, 0.717) is 6.61 Å². The minimum absolute atomic E-state index is 0.693. The van der Waals surface area contributed by atoms with Crippen molar-refractivity contribution in [3.05, 3.63) is 23.8 Å². The van der Waals surface area contributed by atoms with E-state index in [2.05, 4.69) is 25.6 Å². The van der Waals surface area contributed by atoms with Crippen LogP contribution < -0.4 is 4.74 Å². The van der Waals surface area contributed by atoms with Crippen LogP contribution in [0.4, 0.5) is 0 Å². The highest BCUT2D eigenvalue weighted by molar-refractivity contribution is 7.80. The summed E-state index contributed by atoms with van der Waals surface area (Å²) >= 11 is 4.33. The van der Waals surface area contributed by atoms with Gasteiger partial charge in [0.25, 0.3) is 0 Å². The van der Waals surface area contributed by atoms with E-state index in [4.69, 9.17) is 4.74 Å². The predicted molar refractivity (Wildman–Crippen MR) is 54.2 cm³/mol. The van der Waals surface area contributed by atoms with Gasteiger partial charge in [-0.25, -0.2) is 0 Å². The second kappa shape index (κ2) is 4.41. The number of ether oxygens (including phenoxy) is 1. The van der Waals surface area contributed by atoms with Crippen LogP contribution >= 0.6 is 12.6 Å². The molecule has 0 radical (unpaired) electrons. The third-order valence-corrected chi connectivity index (χ3v) is 2.08. The van der Waals surface area contributed by atoms with Crippen LogP contribution in [-0.4, -0.2) is 6.61 Å². The van der Waals surface area contributed by atoms with Crippen molar-refractivity contribution in [2.24, 2.45) is 0 Å². The summed E-state index contributed by atoms with van der Waals surface area (Å²) in [6.07, 6.45) is 1.04. The quantitative estimate of drug-likeness (QED) is 0.707. The van der Waals surface area contributed by atoms with Crippen LogP contribution in [-0.2, 0) is 6.42 Å². The van der Waals surface area contributed by atoms with Crippen molar-refractivity contribution >= 4 is 12.6 Å². The van der Waals surface area contributed by atoms with Gasteiger partial charge >= 0.3 is 0 Å². The number of thiol groups is 1. The van der Waals surface area contributed by atoms with Gasteiger partial charge in [-0.05, 0) is 31.0 Å². The van der Waals surface area contributed by atoms with Crippen LogP contribution in [0.2, 0.25) is 0 Å². The average Bonchev–Trinajstić information content (AvgIpc) is 2.09. The lowest BCUT2D eigenvalue weighted by molar-refractivity contribution is 0.332. The van der Waals surface area contributed by atoms with E-state index in [9.17, 15) is 0 Å². The summed E-state index contributed by atoms with van der Waals surface area (Å²) in [6.45, 7) is 4.79. The maximum atomic E-state index is 5.36. The SMILES string of the molecule is CCOc1ccc(CC)cc1S. The molecule has 0 amide bonds. The molecule has 0 unspecified atom stereocenters. The summed E-state index contributed by atoms with van der Waals surface area (Å²) in [7, 11) is 0. The molecule has 0 atom stereocenters. The van der Waals surface area contributed by atoms with Gasteiger partial charge in [-0.1, -0.05) is 13.0 Å². The van der Waals surface area contributed by atoms with Crippen molar-refractivity contribution in [3.63, 3.8) is 0 Å². The molecular weight excluding hydrogens is 168 g/mol. The largest absolute Gasteiger partial charge is 0.493 e. The Labute approximate surface area is 79.2 Å². The number of rotatable bonds is 3. The summed E-state index contributed by atoms with van der Waals surface area (Å²) in [5.41, 5.74) is 1.29. The Hall–Kier alpha value is -0.630. The average molecular weight is 182 g/mol. The van der Waals surface area contributed by atoms with E-state index >= 15 is 0 Å². The third-order valence-electron chi connectivity index (χ3n) is 1.73. The smallest absolute Gasteiger partial charge is 0.132 e. The molecule has 12 heavy (non-hydrogen) atoms. The molecule has 0 N–H and O–H groups in total. The minimum Gasteiger partial charge on any atom is -0.493 e. The van der Waals surface area contributed by atoms with Crippen LogP contribution in [0.3, 0.4) is 0 Å². The molecule has 0 bridgehead atoms. The van der Waals surface area contributed by atoms with Gasteiger partial charge in [-0.15, -0.1) is 12.6 Å². The Morgan fingerprint density at radius 3 is 2.58 bits per heavy atom. The molecule has 0 aliphatic heterocycles. The molecule has 1 rings (SSSR count). The summed E-state index contributed by atoms with van der Waals surface area (Å²) < 4.78 is 5.36. The number of aryl methyl sites for hydroxylation is 1. The van der Waals surface area contributed by atoms with Crippen molar-refractivity contribution in [2.45, 2.75) is 25.2 Å². The highest BCUT2D eigenvalue weighted by Crippen LogP contribution is 2.23. The minimum atomic E-state index is 0.693. The van der Waals surface area contributed by atoms with Gasteiger partial charge in [0, 0.05) is 4.90 Å². The molecule has 0 spiro atoms. The molecule has 0 aromatic heterocycles. The van der Waals surface area contributed by atoms with E-state index in [1.165, 1.54) is 5.56 Å². The van der Waals surface area contributed by atoms with Crippen molar-refractivity contribution in [2.75, 3.05) is 6.61 Å². The normalized spacial score (nSPS) is 9.92. The maximum Gasteiger partial charge on any atom is 0.132 e. The Morgan fingerprint density at radius 2 is 2.08 bits per heavy atom. The molecule has 1 aromatic carbocycles. The molecular formula is C10H14OS. The Morgan fingerprint density at radius 1 is 1.33 bits per heavy atom. The third kappa shape index (κ3) is 2.18. The molecule has 0 aliphatic rings. The lowest BCUT2D eigenvalue weighted by Crippen LogP contribution is -1.93. The fourth-order valence-corrected chi connectivity index (χ4v) is 1.37. The van der Waals surface area contributed by atoms with Crippen LogP contribution in [0.1, 0.15) is 19.4 Å². The molecule has 0 saturated heterocycles. The molecule has 1 nitrogen and oxygen atoms in total. The molecule has 1 aromatic rings. The van der Waals surface area contributed by atoms with Crippen LogP contribution in [0.15, 0.2) is 23.1 Å². The van der Waals surface area contributed by atoms with Gasteiger partial charge in [0.15, 0.2) is 0 Å². The molecule has 2 heteroatoms. The molecule has 0 fully saturated rings. The summed E-state index contributed by atoms with van der Waals surface area (Å²) in [5.74, 6) is 0.873. The van der Waals surface area contributed by atoms with E-state index < -0.39 is 0 Å². The van der Waals surface area contributed by atoms with E-state index in [1.54, 1.807) is 0 Å². The summed E-state index contributed by atoms with van der Waals surface area (Å²) in [6, 6.07) is 6.10. The van der Waals surface area contributed by atoms with Gasteiger partial charge in [0.1, 0.15) is 5.75 Å². The van der Waals surface area contributed by atoms with Crippen molar-refractivity contribution < 1.29 is 4.74 Å². The number of hydrogen-bond donors (Lipinski definition) is 1. The molecule has 0 aliphatic carbocycles. The zero-order valence-electron chi connectivity index (χ0n) is 7.50. The van der Waals surface area contributed by atoms with Crippen molar-refractivity contribution in [1.29, 1.82) is 0 Å². The van der Waals surface area contributed by atoms with Gasteiger partial charge in [0.05, 0.1) is 6.61 Å². The zero-order valence-corrected chi connectivity index (χ0v) is 8.40. The summed E-state index contributed by atoms with van der Waals surface area (Å²) in [5, 5.41) is 0. The summed E-state index contributed by atoms with van der Waals surface area (Å²) in [4.78, 5) is 0.927. The topological polar surface area (TPSA) is 9.23 Å². The zero-order chi connectivity index (χ0) is 8.97. The Bertz CT molecular complexity index is 258. The second-order valence-corrected chi connectivity index (χ2v) is 3.07. The fraction of sp³-hybridized carbons (Fsp3) is 0.400. The Balaban J connectivity index is 2.87. The maximum absolute atomic E-state index is 5.36. The fourth-order valence-electron chi connectivity index (χ4n) is 1.06. The lowest BCUT2D eigenvalue weighted by Gasteiger charge is -2.06. The highest BCUT2D eigenvalue weighted by atomic mass is 32.1. The van der Waals surface area contributed by atoms with Crippen molar-refractivity contribution in [1.82, 2.24) is 0 Å². The first kappa shape index (κ1) is 9.46. The first-order valence-electron chi connectivity index (χ1n) is 4.22. The Kier molecular flexibility index (Phi) is 3.48. The van der Waals surface area contributed by atoms with E-state index in [1.807, 2.05) is 19.1 Å². The van der Waals surface area contributed by atoms with E-state index in [0.717, 1.165) is 17.1 Å². The van der Waals surface area contributed by atoms with Gasteiger partial charge in [0.2, 0.25) is 0 Å².